The molecule has 130 valence electrons. The van der Waals surface area contributed by atoms with Crippen LogP contribution in [0.3, 0.4) is 0 Å². The summed E-state index contributed by atoms with van der Waals surface area (Å²) in [6, 6.07) is 0. The molecule has 0 bridgehead atoms. The van der Waals surface area contributed by atoms with Crippen LogP contribution >= 0.6 is 11.5 Å². The lowest BCUT2D eigenvalue weighted by Gasteiger charge is -2.36. The van der Waals surface area contributed by atoms with Crippen LogP contribution in [0.15, 0.2) is 4.99 Å². The zero-order valence-corrected chi connectivity index (χ0v) is 14.0. The van der Waals surface area contributed by atoms with Gasteiger partial charge in [0, 0.05) is 57.7 Å². The Morgan fingerprint density at radius 1 is 1.30 bits per heavy atom. The quantitative estimate of drug-likeness (QED) is 0.662. The van der Waals surface area contributed by atoms with Crippen molar-refractivity contribution < 1.29 is 13.2 Å². The van der Waals surface area contributed by atoms with Crippen molar-refractivity contribution in [1.82, 2.24) is 19.6 Å². The predicted octanol–water partition coefficient (Wildman–Crippen LogP) is 1.75. The van der Waals surface area contributed by atoms with Gasteiger partial charge in [0.15, 0.2) is 5.96 Å². The number of guanidine groups is 1. The second kappa shape index (κ2) is 7.80. The molecular formula is C13H21F3N6S. The van der Waals surface area contributed by atoms with Gasteiger partial charge in [-0.2, -0.15) is 17.5 Å². The highest BCUT2D eigenvalue weighted by Gasteiger charge is 2.27. The number of hydrogen-bond acceptors (Lipinski definition) is 5. The Labute approximate surface area is 137 Å². The summed E-state index contributed by atoms with van der Waals surface area (Å²) in [5.41, 5.74) is 0. The summed E-state index contributed by atoms with van der Waals surface area (Å²) in [4.78, 5) is 12.6. The van der Waals surface area contributed by atoms with Crippen molar-refractivity contribution in [2.45, 2.75) is 25.9 Å². The van der Waals surface area contributed by atoms with Crippen molar-refractivity contribution in [3.05, 3.63) is 5.82 Å². The molecule has 0 atom stereocenters. The second-order valence-electron chi connectivity index (χ2n) is 5.16. The largest absolute Gasteiger partial charge is 0.390 e. The molecule has 1 aromatic heterocycles. The lowest BCUT2D eigenvalue weighted by molar-refractivity contribution is -0.132. The third-order valence-corrected chi connectivity index (χ3v) is 4.34. The first-order chi connectivity index (χ1) is 10.9. The van der Waals surface area contributed by atoms with Crippen molar-refractivity contribution >= 4 is 22.6 Å². The Morgan fingerprint density at radius 3 is 2.52 bits per heavy atom. The molecule has 1 aliphatic heterocycles. The van der Waals surface area contributed by atoms with Crippen molar-refractivity contribution in [2.75, 3.05) is 44.7 Å². The fourth-order valence-corrected chi connectivity index (χ4v) is 3.08. The summed E-state index contributed by atoms with van der Waals surface area (Å²) in [6.45, 7) is 4.73. The number of aromatic nitrogens is 2. The van der Waals surface area contributed by atoms with Gasteiger partial charge in [-0.3, -0.25) is 4.99 Å². The molecule has 6 nitrogen and oxygen atoms in total. The summed E-state index contributed by atoms with van der Waals surface area (Å²) in [5.74, 6) is 1.36. The van der Waals surface area contributed by atoms with Crippen LogP contribution in [-0.4, -0.2) is 66.2 Å². The van der Waals surface area contributed by atoms with E-state index in [1.54, 1.807) is 7.05 Å². The molecule has 0 amide bonds. The van der Waals surface area contributed by atoms with Crippen molar-refractivity contribution in [3.63, 3.8) is 0 Å². The fraction of sp³-hybridized carbons (Fsp3) is 0.769. The number of alkyl halides is 3. The maximum atomic E-state index is 12.2. The highest BCUT2D eigenvalue weighted by atomic mass is 32.1. The molecular weight excluding hydrogens is 329 g/mol. The minimum atomic E-state index is -4.15. The van der Waals surface area contributed by atoms with Gasteiger partial charge in [0.1, 0.15) is 5.82 Å². The summed E-state index contributed by atoms with van der Waals surface area (Å²) in [5, 5.41) is 3.68. The zero-order chi connectivity index (χ0) is 16.9. The summed E-state index contributed by atoms with van der Waals surface area (Å²) < 4.78 is 40.9. The number of halogens is 3. The highest BCUT2D eigenvalue weighted by molar-refractivity contribution is 7.09. The maximum absolute atomic E-state index is 12.2. The van der Waals surface area contributed by atoms with Crippen LogP contribution in [0.5, 0.6) is 0 Å². The second-order valence-corrected chi connectivity index (χ2v) is 5.89. The third kappa shape index (κ3) is 5.22. The van der Waals surface area contributed by atoms with Crippen molar-refractivity contribution in [2.24, 2.45) is 4.99 Å². The lowest BCUT2D eigenvalue weighted by Crippen LogP contribution is -2.52. The Hall–Kier alpha value is -1.58. The molecule has 0 unspecified atom stereocenters. The minimum absolute atomic E-state index is 0.160. The van der Waals surface area contributed by atoms with E-state index in [2.05, 4.69) is 24.6 Å². The number of aliphatic imine (C=N–C) groups is 1. The van der Waals surface area contributed by atoms with E-state index < -0.39 is 12.6 Å². The van der Waals surface area contributed by atoms with Gasteiger partial charge in [-0.15, -0.1) is 0 Å². The van der Waals surface area contributed by atoms with Crippen LogP contribution in [0, 0.1) is 0 Å². The number of hydrogen-bond donors (Lipinski definition) is 1. The Kier molecular flexibility index (Phi) is 6.03. The van der Waals surface area contributed by atoms with Crippen LogP contribution in [0.25, 0.3) is 0 Å². The van der Waals surface area contributed by atoms with Gasteiger partial charge < -0.3 is 15.1 Å². The van der Waals surface area contributed by atoms with E-state index in [-0.39, 0.29) is 6.54 Å². The number of piperazine rings is 1. The molecule has 2 heterocycles. The van der Waals surface area contributed by atoms with Gasteiger partial charge in [-0.1, -0.05) is 6.92 Å². The number of rotatable bonds is 4. The number of nitrogens with one attached hydrogen (secondary N) is 1. The van der Waals surface area contributed by atoms with Gasteiger partial charge in [0.05, 0.1) is 6.42 Å². The molecule has 1 N–H and O–H groups in total. The first kappa shape index (κ1) is 17.8. The summed E-state index contributed by atoms with van der Waals surface area (Å²) in [6.07, 6.45) is -4.21. The van der Waals surface area contributed by atoms with Crippen LogP contribution in [0.2, 0.25) is 0 Å². The van der Waals surface area contributed by atoms with E-state index in [1.165, 1.54) is 11.5 Å². The molecule has 23 heavy (non-hydrogen) atoms. The topological polar surface area (TPSA) is 56.7 Å². The Morgan fingerprint density at radius 2 is 2.00 bits per heavy atom. The predicted molar refractivity (Wildman–Crippen MR) is 85.1 cm³/mol. The molecule has 0 aliphatic carbocycles. The Bertz CT molecular complexity index is 522. The van der Waals surface area contributed by atoms with E-state index in [0.29, 0.717) is 19.0 Å². The molecule has 1 aliphatic rings. The molecule has 2 rings (SSSR count). The monoisotopic (exact) mass is 350 g/mol. The van der Waals surface area contributed by atoms with Gasteiger partial charge in [-0.25, -0.2) is 4.98 Å². The first-order valence-corrected chi connectivity index (χ1v) is 8.30. The number of nitrogens with zero attached hydrogens (tertiary/aromatic N) is 5. The Balaban J connectivity index is 1.82. The standard InChI is InChI=1S/C13H21F3N6S/c1-3-10-19-12(23-20-10)22-8-6-21(7-9-22)11(17-2)18-5-4-13(14,15)16/h3-9H2,1-2H3,(H,17,18). The molecule has 0 spiro atoms. The van der Waals surface area contributed by atoms with E-state index in [1.807, 2.05) is 11.8 Å². The highest BCUT2D eigenvalue weighted by Crippen LogP contribution is 2.20. The number of anilines is 1. The van der Waals surface area contributed by atoms with Gasteiger partial charge in [0.25, 0.3) is 0 Å². The molecule has 1 fully saturated rings. The summed E-state index contributed by atoms with van der Waals surface area (Å²) >= 11 is 1.39. The van der Waals surface area contributed by atoms with Crippen LogP contribution < -0.4 is 10.2 Å². The van der Waals surface area contributed by atoms with E-state index in [0.717, 1.165) is 30.5 Å². The van der Waals surface area contributed by atoms with Gasteiger partial charge >= 0.3 is 6.18 Å². The maximum Gasteiger partial charge on any atom is 0.390 e. The molecule has 0 saturated carbocycles. The lowest BCUT2D eigenvalue weighted by atomic mass is 10.3. The van der Waals surface area contributed by atoms with E-state index >= 15 is 0 Å². The minimum Gasteiger partial charge on any atom is -0.356 e. The van der Waals surface area contributed by atoms with E-state index in [9.17, 15) is 13.2 Å². The van der Waals surface area contributed by atoms with Crippen LogP contribution in [0.1, 0.15) is 19.2 Å². The van der Waals surface area contributed by atoms with E-state index in [4.69, 9.17) is 0 Å². The smallest absolute Gasteiger partial charge is 0.356 e. The van der Waals surface area contributed by atoms with Crippen LogP contribution in [0.4, 0.5) is 18.3 Å². The molecule has 1 saturated heterocycles. The zero-order valence-electron chi connectivity index (χ0n) is 13.2. The third-order valence-electron chi connectivity index (χ3n) is 3.53. The molecule has 0 aromatic carbocycles. The summed E-state index contributed by atoms with van der Waals surface area (Å²) in [7, 11) is 1.58. The van der Waals surface area contributed by atoms with Gasteiger partial charge in [0.2, 0.25) is 5.13 Å². The molecule has 1 aromatic rings. The fourth-order valence-electron chi connectivity index (χ4n) is 2.27. The number of aryl methyl sites for hydroxylation is 1. The average molecular weight is 350 g/mol. The normalized spacial score (nSPS) is 16.8. The van der Waals surface area contributed by atoms with Crippen LogP contribution in [-0.2, 0) is 6.42 Å². The average Bonchev–Trinajstić information content (AvgIpc) is 3.00. The first-order valence-electron chi connectivity index (χ1n) is 7.53. The molecule has 10 heteroatoms. The van der Waals surface area contributed by atoms with Crippen molar-refractivity contribution in [3.8, 4) is 0 Å². The van der Waals surface area contributed by atoms with Gasteiger partial charge in [-0.05, 0) is 0 Å². The molecule has 0 radical (unpaired) electrons. The van der Waals surface area contributed by atoms with Crippen molar-refractivity contribution in [1.29, 1.82) is 0 Å². The SMILES string of the molecule is CCc1nsc(N2CCN(C(=NC)NCCC(F)(F)F)CC2)n1.